The molecule has 0 aliphatic rings. The molecule has 4 heteroatoms. The third-order valence-corrected chi connectivity index (χ3v) is 3.40. The number of nitrogens with zero attached hydrogens (tertiary/aromatic N) is 1. The fraction of sp³-hybridized carbons (Fsp3) is 0.417. The minimum absolute atomic E-state index is 0.0523. The highest BCUT2D eigenvalue weighted by atomic mass is 32.2. The van der Waals surface area contributed by atoms with Crippen LogP contribution in [0.2, 0.25) is 0 Å². The van der Waals surface area contributed by atoms with Crippen molar-refractivity contribution in [1.82, 2.24) is 0 Å². The van der Waals surface area contributed by atoms with Crippen LogP contribution in [0.15, 0.2) is 30.3 Å². The molecule has 16 heavy (non-hydrogen) atoms. The van der Waals surface area contributed by atoms with E-state index in [2.05, 4.69) is 0 Å². The summed E-state index contributed by atoms with van der Waals surface area (Å²) in [5.41, 5.74) is 0.893. The summed E-state index contributed by atoms with van der Waals surface area (Å²) in [5, 5.41) is 8.96. The standard InChI is InChI=1S/C12H17NO2S/c1-10(8-14)16-9-12(15)13(2)11-6-4-3-5-7-11/h3-7,10,14H,8-9H2,1-2H3. The first-order valence-corrected chi connectivity index (χ1v) is 6.24. The summed E-state index contributed by atoms with van der Waals surface area (Å²) in [6, 6.07) is 9.53. The van der Waals surface area contributed by atoms with Gasteiger partial charge in [-0.15, -0.1) is 11.8 Å². The predicted octanol–water partition coefficient (Wildman–Crippen LogP) is 1.76. The van der Waals surface area contributed by atoms with E-state index in [1.165, 1.54) is 11.8 Å². The second-order valence-corrected chi connectivity index (χ2v) is 5.02. The van der Waals surface area contributed by atoms with Gasteiger partial charge in [0.2, 0.25) is 5.91 Å². The minimum Gasteiger partial charge on any atom is -0.395 e. The molecule has 0 bridgehead atoms. The van der Waals surface area contributed by atoms with E-state index >= 15 is 0 Å². The van der Waals surface area contributed by atoms with Crippen molar-refractivity contribution in [3.63, 3.8) is 0 Å². The Kier molecular flexibility index (Phi) is 5.35. The molecular formula is C12H17NO2S. The van der Waals surface area contributed by atoms with E-state index in [1.807, 2.05) is 37.3 Å². The number of anilines is 1. The van der Waals surface area contributed by atoms with E-state index in [1.54, 1.807) is 11.9 Å². The van der Waals surface area contributed by atoms with Gasteiger partial charge in [-0.3, -0.25) is 4.79 Å². The van der Waals surface area contributed by atoms with Crippen molar-refractivity contribution in [2.24, 2.45) is 0 Å². The lowest BCUT2D eigenvalue weighted by Gasteiger charge is -2.17. The first kappa shape index (κ1) is 13.1. The van der Waals surface area contributed by atoms with Crippen LogP contribution in [-0.4, -0.2) is 35.7 Å². The van der Waals surface area contributed by atoms with Crippen LogP contribution in [0.25, 0.3) is 0 Å². The van der Waals surface area contributed by atoms with Crippen molar-refractivity contribution >= 4 is 23.4 Å². The summed E-state index contributed by atoms with van der Waals surface area (Å²) in [4.78, 5) is 13.4. The number of aliphatic hydroxyl groups excluding tert-OH is 1. The molecule has 0 saturated heterocycles. The number of benzene rings is 1. The zero-order valence-electron chi connectivity index (χ0n) is 9.59. The maximum atomic E-state index is 11.8. The van der Waals surface area contributed by atoms with E-state index in [0.29, 0.717) is 5.75 Å². The Morgan fingerprint density at radius 1 is 1.44 bits per heavy atom. The molecule has 1 atom stereocenters. The number of carbonyl (C=O) groups is 1. The molecule has 0 aliphatic heterocycles. The molecule has 88 valence electrons. The number of aliphatic hydroxyl groups is 1. The van der Waals surface area contributed by atoms with E-state index in [9.17, 15) is 4.79 Å². The highest BCUT2D eigenvalue weighted by Gasteiger charge is 2.12. The average molecular weight is 239 g/mol. The van der Waals surface area contributed by atoms with Gasteiger partial charge in [0.25, 0.3) is 0 Å². The van der Waals surface area contributed by atoms with Crippen LogP contribution in [0.4, 0.5) is 5.69 Å². The highest BCUT2D eigenvalue weighted by Crippen LogP contribution is 2.15. The third-order valence-electron chi connectivity index (χ3n) is 2.27. The molecule has 1 N–H and O–H groups in total. The van der Waals surface area contributed by atoms with Gasteiger partial charge in [0.1, 0.15) is 0 Å². The zero-order valence-corrected chi connectivity index (χ0v) is 10.4. The number of hydrogen-bond acceptors (Lipinski definition) is 3. The average Bonchev–Trinajstić information content (AvgIpc) is 2.35. The molecular weight excluding hydrogens is 222 g/mol. The second kappa shape index (κ2) is 6.55. The van der Waals surface area contributed by atoms with E-state index < -0.39 is 0 Å². The quantitative estimate of drug-likeness (QED) is 0.851. The smallest absolute Gasteiger partial charge is 0.236 e. The van der Waals surface area contributed by atoms with Crippen molar-refractivity contribution in [2.45, 2.75) is 12.2 Å². The number of hydrogen-bond donors (Lipinski definition) is 1. The molecule has 1 aromatic carbocycles. The number of carbonyl (C=O) groups excluding carboxylic acids is 1. The van der Waals surface area contributed by atoms with Crippen LogP contribution in [0.1, 0.15) is 6.92 Å². The van der Waals surface area contributed by atoms with Crippen LogP contribution in [0, 0.1) is 0 Å². The van der Waals surface area contributed by atoms with Crippen LogP contribution in [-0.2, 0) is 4.79 Å². The van der Waals surface area contributed by atoms with E-state index in [-0.39, 0.29) is 17.8 Å². The summed E-state index contributed by atoms with van der Waals surface area (Å²) in [6.45, 7) is 2.01. The Bertz CT molecular complexity index is 329. The van der Waals surface area contributed by atoms with Gasteiger partial charge in [-0.1, -0.05) is 25.1 Å². The molecule has 1 rings (SSSR count). The molecule has 1 amide bonds. The van der Waals surface area contributed by atoms with Gasteiger partial charge < -0.3 is 10.0 Å². The van der Waals surface area contributed by atoms with Crippen LogP contribution < -0.4 is 4.90 Å². The van der Waals surface area contributed by atoms with Crippen LogP contribution >= 0.6 is 11.8 Å². The van der Waals surface area contributed by atoms with Crippen LogP contribution in [0.3, 0.4) is 0 Å². The Morgan fingerprint density at radius 3 is 2.62 bits per heavy atom. The lowest BCUT2D eigenvalue weighted by Crippen LogP contribution is -2.28. The Balaban J connectivity index is 2.49. The Morgan fingerprint density at radius 2 is 2.06 bits per heavy atom. The van der Waals surface area contributed by atoms with Crippen molar-refractivity contribution in [3.8, 4) is 0 Å². The fourth-order valence-corrected chi connectivity index (χ4v) is 1.88. The summed E-state index contributed by atoms with van der Waals surface area (Å²) in [5.74, 6) is 0.448. The van der Waals surface area contributed by atoms with E-state index in [4.69, 9.17) is 5.11 Å². The largest absolute Gasteiger partial charge is 0.395 e. The maximum absolute atomic E-state index is 11.8. The minimum atomic E-state index is 0.0523. The Hall–Kier alpha value is -1.00. The lowest BCUT2D eigenvalue weighted by molar-refractivity contribution is -0.115. The van der Waals surface area contributed by atoms with Gasteiger partial charge in [0.05, 0.1) is 12.4 Å². The SMILES string of the molecule is CC(CO)SCC(=O)N(C)c1ccccc1. The molecule has 1 aromatic rings. The van der Waals surface area contributed by atoms with Gasteiger partial charge in [-0.2, -0.15) is 0 Å². The maximum Gasteiger partial charge on any atom is 0.236 e. The second-order valence-electron chi connectivity index (χ2n) is 3.59. The molecule has 0 spiro atoms. The summed E-state index contributed by atoms with van der Waals surface area (Å²) in [6.07, 6.45) is 0. The summed E-state index contributed by atoms with van der Waals surface area (Å²) >= 11 is 1.47. The topological polar surface area (TPSA) is 40.5 Å². The molecule has 0 saturated carbocycles. The lowest BCUT2D eigenvalue weighted by atomic mass is 10.3. The molecule has 1 unspecified atom stereocenters. The normalized spacial score (nSPS) is 12.2. The fourth-order valence-electron chi connectivity index (χ4n) is 1.16. The number of thioether (sulfide) groups is 1. The van der Waals surface area contributed by atoms with Crippen molar-refractivity contribution in [3.05, 3.63) is 30.3 Å². The molecule has 0 aliphatic carbocycles. The molecule has 3 nitrogen and oxygen atoms in total. The van der Waals surface area contributed by atoms with Crippen LogP contribution in [0.5, 0.6) is 0 Å². The van der Waals surface area contributed by atoms with Crippen molar-refractivity contribution in [1.29, 1.82) is 0 Å². The van der Waals surface area contributed by atoms with Gasteiger partial charge in [0, 0.05) is 18.0 Å². The van der Waals surface area contributed by atoms with Gasteiger partial charge in [-0.05, 0) is 12.1 Å². The van der Waals surface area contributed by atoms with Gasteiger partial charge in [-0.25, -0.2) is 0 Å². The summed E-state index contributed by atoms with van der Waals surface area (Å²) < 4.78 is 0. The van der Waals surface area contributed by atoms with Gasteiger partial charge in [0.15, 0.2) is 0 Å². The number of rotatable bonds is 5. The van der Waals surface area contributed by atoms with Gasteiger partial charge >= 0.3 is 0 Å². The van der Waals surface area contributed by atoms with Crippen molar-refractivity contribution < 1.29 is 9.90 Å². The third kappa shape index (κ3) is 3.87. The molecule has 0 radical (unpaired) electrons. The molecule has 0 aromatic heterocycles. The predicted molar refractivity (Wildman–Crippen MR) is 68.9 cm³/mol. The monoisotopic (exact) mass is 239 g/mol. The molecule has 0 fully saturated rings. The first-order valence-electron chi connectivity index (χ1n) is 5.19. The summed E-state index contributed by atoms with van der Waals surface area (Å²) in [7, 11) is 1.77. The highest BCUT2D eigenvalue weighted by molar-refractivity contribution is 8.00. The first-order chi connectivity index (χ1) is 7.65. The molecule has 0 heterocycles. The number of amides is 1. The van der Waals surface area contributed by atoms with E-state index in [0.717, 1.165) is 5.69 Å². The Labute approximate surface area is 100 Å². The zero-order chi connectivity index (χ0) is 12.0. The number of para-hydroxylation sites is 1. The van der Waals surface area contributed by atoms with Crippen molar-refractivity contribution in [2.75, 3.05) is 24.3 Å².